The van der Waals surface area contributed by atoms with Crippen LogP contribution in [0.2, 0.25) is 0 Å². The number of oxime groups is 1. The van der Waals surface area contributed by atoms with Crippen LogP contribution in [0.5, 0.6) is 0 Å². The molecule has 0 saturated carbocycles. The molecule has 4 rings (SSSR count). The summed E-state index contributed by atoms with van der Waals surface area (Å²) in [5.74, 6) is -0.789. The first kappa shape index (κ1) is 26.0. The number of hydroxylamine groups is 1. The van der Waals surface area contributed by atoms with Crippen molar-refractivity contribution in [2.24, 2.45) is 10.9 Å². The molecule has 0 aliphatic heterocycles. The average molecular weight is 542 g/mol. The number of nitrogens with two attached hydrogens (primary N) is 1. The summed E-state index contributed by atoms with van der Waals surface area (Å²) in [7, 11) is -3.81. The minimum absolute atomic E-state index is 0.0570. The molecule has 0 fully saturated rings. The van der Waals surface area contributed by atoms with E-state index in [0.29, 0.717) is 11.1 Å². The van der Waals surface area contributed by atoms with E-state index < -0.39 is 22.0 Å². The maximum absolute atomic E-state index is 12.8. The Labute approximate surface area is 216 Å². The molecule has 0 unspecified atom stereocenters. The fraction of sp³-hybridized carbons (Fsp3) is 0.130. The lowest BCUT2D eigenvalue weighted by Gasteiger charge is -2.15. The second-order valence-corrected chi connectivity index (χ2v) is 11.0. The van der Waals surface area contributed by atoms with E-state index in [2.05, 4.69) is 20.2 Å². The van der Waals surface area contributed by atoms with Gasteiger partial charge >= 0.3 is 0 Å². The first-order chi connectivity index (χ1) is 17.8. The average Bonchev–Trinajstić information content (AvgIpc) is 3.61. The smallest absolute Gasteiger partial charge is 0.268 e. The highest BCUT2D eigenvalue weighted by Crippen LogP contribution is 2.30. The minimum Gasteiger partial charge on any atom is -0.409 e. The number of hydrogen-bond acceptors (Lipinski definition) is 9. The number of nitrogens with one attached hydrogen (secondary N) is 2. The molecule has 1 atom stereocenters. The standard InChI is InChI=1S/C23H23N7O5S2/c24-22(27-32)17-8-6-15(7-9-17)12-19(23(31)28-33)30-14-18(26-29-30)13-25-37(34,35)21-11-10-20(36-21)16-4-2-1-3-5-16/h1-11,14,19,25,32-33H,12-13H2,(H2,24,27)(H,28,31)/t19-/m0/s1. The van der Waals surface area contributed by atoms with E-state index in [1.165, 1.54) is 10.9 Å². The van der Waals surface area contributed by atoms with Gasteiger partial charge in [-0.15, -0.1) is 16.4 Å². The summed E-state index contributed by atoms with van der Waals surface area (Å²) in [6.07, 6.45) is 1.56. The van der Waals surface area contributed by atoms with Crippen molar-refractivity contribution in [2.75, 3.05) is 0 Å². The Kier molecular flexibility index (Phi) is 7.93. The summed E-state index contributed by atoms with van der Waals surface area (Å²) in [5.41, 5.74) is 9.57. The molecule has 192 valence electrons. The monoisotopic (exact) mass is 541 g/mol. The molecule has 12 nitrogen and oxygen atoms in total. The van der Waals surface area contributed by atoms with Gasteiger partial charge in [0.1, 0.15) is 10.3 Å². The maximum atomic E-state index is 12.8. The van der Waals surface area contributed by atoms with E-state index in [-0.39, 0.29) is 28.7 Å². The van der Waals surface area contributed by atoms with Crippen LogP contribution in [-0.4, -0.2) is 45.6 Å². The molecule has 0 spiro atoms. The summed E-state index contributed by atoms with van der Waals surface area (Å²) in [6, 6.07) is 18.4. The van der Waals surface area contributed by atoms with Gasteiger partial charge in [-0.05, 0) is 23.3 Å². The van der Waals surface area contributed by atoms with Gasteiger partial charge in [-0.25, -0.2) is 23.3 Å². The third-order valence-electron chi connectivity index (χ3n) is 5.42. The van der Waals surface area contributed by atoms with E-state index in [0.717, 1.165) is 21.8 Å². The fourth-order valence-corrected chi connectivity index (χ4v) is 5.84. The lowest BCUT2D eigenvalue weighted by atomic mass is 10.0. The molecule has 2 aromatic heterocycles. The molecule has 0 aliphatic carbocycles. The number of thiophene rings is 1. The number of aromatic nitrogens is 3. The molecule has 4 aromatic rings. The van der Waals surface area contributed by atoms with Crippen molar-refractivity contribution in [3.63, 3.8) is 0 Å². The van der Waals surface area contributed by atoms with Crippen molar-refractivity contribution in [1.82, 2.24) is 25.2 Å². The molecule has 6 N–H and O–H groups in total. The van der Waals surface area contributed by atoms with E-state index >= 15 is 0 Å². The number of nitrogens with zero attached hydrogens (tertiary/aromatic N) is 4. The van der Waals surface area contributed by atoms with Crippen molar-refractivity contribution in [3.05, 3.63) is 89.7 Å². The molecule has 0 aliphatic rings. The van der Waals surface area contributed by atoms with Crippen LogP contribution < -0.4 is 15.9 Å². The molecule has 14 heteroatoms. The highest BCUT2D eigenvalue weighted by Gasteiger charge is 2.23. The Hall–Kier alpha value is -4.11. The van der Waals surface area contributed by atoms with E-state index in [9.17, 15) is 18.4 Å². The lowest BCUT2D eigenvalue weighted by molar-refractivity contribution is -0.133. The summed E-state index contributed by atoms with van der Waals surface area (Å²) in [4.78, 5) is 13.2. The predicted octanol–water partition coefficient (Wildman–Crippen LogP) is 1.87. The normalized spacial score (nSPS) is 12.8. The Morgan fingerprint density at radius 2 is 1.84 bits per heavy atom. The first-order valence-electron chi connectivity index (χ1n) is 10.9. The van der Waals surface area contributed by atoms with Crippen LogP contribution in [0.25, 0.3) is 10.4 Å². The van der Waals surface area contributed by atoms with Crippen LogP contribution in [-0.2, 0) is 27.8 Å². The second kappa shape index (κ2) is 11.3. The van der Waals surface area contributed by atoms with Crippen LogP contribution in [0.3, 0.4) is 0 Å². The van der Waals surface area contributed by atoms with Crippen LogP contribution in [0.4, 0.5) is 0 Å². The molecular weight excluding hydrogens is 518 g/mol. The van der Waals surface area contributed by atoms with Crippen molar-refractivity contribution in [3.8, 4) is 10.4 Å². The van der Waals surface area contributed by atoms with E-state index in [4.69, 9.17) is 10.9 Å². The predicted molar refractivity (Wildman–Crippen MR) is 135 cm³/mol. The summed E-state index contributed by atoms with van der Waals surface area (Å²) in [6.45, 7) is -0.150. The molecule has 2 heterocycles. The van der Waals surface area contributed by atoms with Gasteiger partial charge in [-0.2, -0.15) is 0 Å². The zero-order valence-corrected chi connectivity index (χ0v) is 20.9. The Balaban J connectivity index is 1.45. The maximum Gasteiger partial charge on any atom is 0.268 e. The van der Waals surface area contributed by atoms with Crippen LogP contribution >= 0.6 is 11.3 Å². The molecule has 37 heavy (non-hydrogen) atoms. The quantitative estimate of drug-likeness (QED) is 0.0662. The number of amides is 1. The molecule has 0 radical (unpaired) electrons. The topological polar surface area (TPSA) is 185 Å². The lowest BCUT2D eigenvalue weighted by Crippen LogP contribution is -2.32. The largest absolute Gasteiger partial charge is 0.409 e. The fourth-order valence-electron chi connectivity index (χ4n) is 3.48. The van der Waals surface area contributed by atoms with Crippen LogP contribution in [0.15, 0.2) is 82.3 Å². The third-order valence-corrected chi connectivity index (χ3v) is 8.45. The van der Waals surface area contributed by atoms with Crippen molar-refractivity contribution in [1.29, 1.82) is 0 Å². The number of carbonyl (C=O) groups is 1. The van der Waals surface area contributed by atoms with Gasteiger partial charge in [0.25, 0.3) is 5.91 Å². The zero-order valence-electron chi connectivity index (χ0n) is 19.2. The SMILES string of the molecule is NC(=NO)c1ccc(C[C@@H](C(=O)NO)n2cc(CNS(=O)(=O)c3ccc(-c4ccccc4)s3)nn2)cc1. The van der Waals surface area contributed by atoms with Gasteiger partial charge in [0.05, 0.1) is 18.4 Å². The highest BCUT2D eigenvalue weighted by molar-refractivity contribution is 7.91. The highest BCUT2D eigenvalue weighted by atomic mass is 32.2. The molecule has 2 aromatic carbocycles. The Morgan fingerprint density at radius 3 is 2.51 bits per heavy atom. The van der Waals surface area contributed by atoms with Gasteiger partial charge in [0, 0.05) is 16.9 Å². The van der Waals surface area contributed by atoms with E-state index in [1.54, 1.807) is 41.9 Å². The molecule has 0 saturated heterocycles. The van der Waals surface area contributed by atoms with Gasteiger partial charge in [0.2, 0.25) is 10.0 Å². The van der Waals surface area contributed by atoms with E-state index in [1.807, 2.05) is 30.3 Å². The van der Waals surface area contributed by atoms with Crippen molar-refractivity contribution < 1.29 is 23.6 Å². The van der Waals surface area contributed by atoms with Crippen LogP contribution in [0.1, 0.15) is 22.9 Å². The van der Waals surface area contributed by atoms with Gasteiger partial charge in [-0.3, -0.25) is 10.0 Å². The summed E-state index contributed by atoms with van der Waals surface area (Å²) in [5, 5.41) is 28.8. The number of benzene rings is 2. The third kappa shape index (κ3) is 6.18. The molecule has 0 bridgehead atoms. The van der Waals surface area contributed by atoms with Crippen molar-refractivity contribution in [2.45, 2.75) is 23.2 Å². The minimum atomic E-state index is -3.81. The Bertz CT molecular complexity index is 1500. The van der Waals surface area contributed by atoms with Gasteiger partial charge in [-0.1, -0.05) is 65.0 Å². The number of amidine groups is 1. The van der Waals surface area contributed by atoms with Crippen molar-refractivity contribution >= 4 is 33.1 Å². The zero-order chi connectivity index (χ0) is 26.4. The number of rotatable bonds is 10. The summed E-state index contributed by atoms with van der Waals surface area (Å²) >= 11 is 1.15. The first-order valence-corrected chi connectivity index (χ1v) is 13.2. The second-order valence-electron chi connectivity index (χ2n) is 7.88. The summed E-state index contributed by atoms with van der Waals surface area (Å²) < 4.78 is 29.5. The number of carbonyl (C=O) groups excluding carboxylic acids is 1. The molecular formula is C23H23N7O5S2. The van der Waals surface area contributed by atoms with Crippen LogP contribution in [0, 0.1) is 0 Å². The van der Waals surface area contributed by atoms with Gasteiger partial charge in [0.15, 0.2) is 5.84 Å². The Morgan fingerprint density at radius 1 is 1.11 bits per heavy atom. The number of sulfonamides is 1. The number of hydrogen-bond donors (Lipinski definition) is 5. The van der Waals surface area contributed by atoms with Gasteiger partial charge < -0.3 is 10.9 Å². The molecule has 1 amide bonds.